The number of esters is 4. The van der Waals surface area contributed by atoms with Crippen LogP contribution in [0.25, 0.3) is 0 Å². The first-order valence-corrected chi connectivity index (χ1v) is 20.9. The Hall–Kier alpha value is -5.90. The molecule has 0 radical (unpaired) electrons. The second-order valence-corrected chi connectivity index (χ2v) is 20.4. The molecule has 0 saturated carbocycles. The van der Waals surface area contributed by atoms with Crippen molar-refractivity contribution in [3.05, 3.63) is 115 Å². The highest BCUT2D eigenvalue weighted by Crippen LogP contribution is 2.44. The molecular formula is C52H60O10. The molecule has 0 atom stereocenters. The lowest BCUT2D eigenvalue weighted by Gasteiger charge is -2.28. The monoisotopic (exact) mass is 844 g/mol. The molecule has 62 heavy (non-hydrogen) atoms. The van der Waals surface area contributed by atoms with Crippen LogP contribution < -0.4 is 18.9 Å². The number of ether oxygens (including phenoxy) is 4. The van der Waals surface area contributed by atoms with Crippen molar-refractivity contribution in [1.29, 1.82) is 0 Å². The Morgan fingerprint density at radius 2 is 0.565 bits per heavy atom. The van der Waals surface area contributed by atoms with Gasteiger partial charge < -0.3 is 18.9 Å². The molecule has 0 spiro atoms. The Balaban J connectivity index is 2.15. The predicted octanol–water partition coefficient (Wildman–Crippen LogP) is 10.5. The van der Waals surface area contributed by atoms with Crippen molar-refractivity contribution in [2.45, 2.75) is 145 Å². The van der Waals surface area contributed by atoms with Gasteiger partial charge in [0, 0.05) is 62.8 Å². The number of ketones is 2. The van der Waals surface area contributed by atoms with Crippen LogP contribution >= 0.6 is 0 Å². The van der Waals surface area contributed by atoms with Crippen LogP contribution in [0.5, 0.6) is 23.0 Å². The standard InChI is InChI=1S/C52H60O10/c1-27(53)59-45-31-17-33-21-36(50(8,9)10)23-39(46(33)60-28(2)54)43(57)41-25-38(52(14,15)16)26-42(48(41)62-30(4)56)44(58)40-24-37(51(11,12)13)22-34(47(40)61-29(3)55)18-32(45)20-35(19-31)49(5,6)7/h19-26H,17-18H2,1-16H3. The van der Waals surface area contributed by atoms with E-state index >= 15 is 9.59 Å². The topological polar surface area (TPSA) is 139 Å². The van der Waals surface area contributed by atoms with E-state index in [1.807, 2.05) is 86.6 Å². The molecule has 0 heterocycles. The average molecular weight is 845 g/mol. The Labute approximate surface area is 365 Å². The first-order valence-electron chi connectivity index (χ1n) is 20.9. The number of rotatable bonds is 4. The van der Waals surface area contributed by atoms with Crippen molar-refractivity contribution in [3.8, 4) is 23.0 Å². The summed E-state index contributed by atoms with van der Waals surface area (Å²) in [4.78, 5) is 83.3. The van der Waals surface area contributed by atoms with E-state index in [1.165, 1.54) is 27.7 Å². The van der Waals surface area contributed by atoms with Crippen molar-refractivity contribution in [2.24, 2.45) is 0 Å². The van der Waals surface area contributed by atoms with Gasteiger partial charge >= 0.3 is 23.9 Å². The highest BCUT2D eigenvalue weighted by molar-refractivity contribution is 6.19. The lowest BCUT2D eigenvalue weighted by molar-refractivity contribution is -0.132. The van der Waals surface area contributed by atoms with E-state index in [9.17, 15) is 19.2 Å². The molecule has 1 aliphatic rings. The van der Waals surface area contributed by atoms with Gasteiger partial charge in [0.05, 0.1) is 22.3 Å². The van der Waals surface area contributed by atoms with Gasteiger partial charge in [0.15, 0.2) is 5.75 Å². The van der Waals surface area contributed by atoms with Crippen molar-refractivity contribution < 1.29 is 47.7 Å². The van der Waals surface area contributed by atoms with E-state index in [1.54, 1.807) is 24.3 Å². The predicted molar refractivity (Wildman–Crippen MR) is 238 cm³/mol. The number of fused-ring (bicyclic) bond motifs is 8. The molecule has 10 nitrogen and oxygen atoms in total. The minimum atomic E-state index is -0.786. The Morgan fingerprint density at radius 3 is 0.839 bits per heavy atom. The van der Waals surface area contributed by atoms with Crippen LogP contribution in [0.15, 0.2) is 48.5 Å². The van der Waals surface area contributed by atoms with Crippen LogP contribution in [-0.2, 0) is 53.7 Å². The average Bonchev–Trinajstić information content (AvgIpc) is 3.10. The summed E-state index contributed by atoms with van der Waals surface area (Å²) in [5.74, 6) is -4.21. The molecule has 0 saturated heterocycles. The summed E-state index contributed by atoms with van der Waals surface area (Å²) in [5.41, 5.74) is 2.51. The zero-order valence-corrected chi connectivity index (χ0v) is 39.1. The molecule has 10 heteroatoms. The third-order valence-corrected chi connectivity index (χ3v) is 10.9. The Morgan fingerprint density at radius 1 is 0.355 bits per heavy atom. The maximum absolute atomic E-state index is 15.6. The van der Waals surface area contributed by atoms with Crippen LogP contribution in [0.1, 0.15) is 187 Å². The minimum absolute atomic E-state index is 0.00793. The SMILES string of the molecule is CC(=O)Oc1c2cc(C(C)(C)C)cc1Cc1cc(C(C)(C)C)cc(c1OC(C)=O)C(=O)c1cc(C(C)(C)C)cc(c1OC(C)=O)C(=O)c1cc(C(C)(C)C)cc(c1OC(C)=O)C2. The van der Waals surface area contributed by atoms with Crippen LogP contribution in [0, 0.1) is 0 Å². The quantitative estimate of drug-likeness (QED) is 0.127. The summed E-state index contributed by atoms with van der Waals surface area (Å²) < 4.78 is 24.0. The van der Waals surface area contributed by atoms with E-state index < -0.39 is 57.1 Å². The molecule has 5 rings (SSSR count). The molecule has 1 aliphatic carbocycles. The van der Waals surface area contributed by atoms with Crippen molar-refractivity contribution in [3.63, 3.8) is 0 Å². The number of hydrogen-bond donors (Lipinski definition) is 0. The van der Waals surface area contributed by atoms with E-state index in [0.717, 1.165) is 16.7 Å². The van der Waals surface area contributed by atoms with Crippen molar-refractivity contribution >= 4 is 35.4 Å². The van der Waals surface area contributed by atoms with Gasteiger partial charge in [0.1, 0.15) is 17.2 Å². The highest BCUT2D eigenvalue weighted by atomic mass is 16.5. The van der Waals surface area contributed by atoms with E-state index in [-0.39, 0.29) is 58.1 Å². The second-order valence-electron chi connectivity index (χ2n) is 20.4. The van der Waals surface area contributed by atoms with E-state index in [4.69, 9.17) is 18.9 Å². The van der Waals surface area contributed by atoms with Gasteiger partial charge in [0.25, 0.3) is 0 Å². The Bertz CT molecular complexity index is 2400. The molecule has 328 valence electrons. The highest BCUT2D eigenvalue weighted by Gasteiger charge is 2.35. The lowest BCUT2D eigenvalue weighted by atomic mass is 9.78. The molecule has 4 aromatic carbocycles. The molecule has 0 aliphatic heterocycles. The smallest absolute Gasteiger partial charge is 0.308 e. The lowest BCUT2D eigenvalue weighted by Crippen LogP contribution is -2.22. The summed E-state index contributed by atoms with van der Waals surface area (Å²) in [6, 6.07) is 14.2. The third-order valence-electron chi connectivity index (χ3n) is 10.9. The molecule has 8 bridgehead atoms. The summed E-state index contributed by atoms with van der Waals surface area (Å²) >= 11 is 0. The first-order chi connectivity index (χ1) is 28.4. The van der Waals surface area contributed by atoms with Gasteiger partial charge in [-0.05, 0) is 68.2 Å². The number of carbonyl (C=O) groups is 6. The normalized spacial score (nSPS) is 13.4. The number of carbonyl (C=O) groups excluding carboxylic acids is 6. The van der Waals surface area contributed by atoms with Crippen molar-refractivity contribution in [2.75, 3.05) is 0 Å². The van der Waals surface area contributed by atoms with Crippen LogP contribution in [0.2, 0.25) is 0 Å². The second kappa shape index (κ2) is 16.8. The fourth-order valence-electron chi connectivity index (χ4n) is 7.45. The van der Waals surface area contributed by atoms with Crippen LogP contribution in [0.3, 0.4) is 0 Å². The molecular weight excluding hydrogens is 785 g/mol. The largest absolute Gasteiger partial charge is 0.426 e. The fraction of sp³-hybridized carbons (Fsp3) is 0.423. The molecule has 0 N–H and O–H groups in total. The molecule has 4 aromatic rings. The minimum Gasteiger partial charge on any atom is -0.426 e. The van der Waals surface area contributed by atoms with Gasteiger partial charge in [-0.1, -0.05) is 107 Å². The molecule has 0 fully saturated rings. The summed E-state index contributed by atoms with van der Waals surface area (Å²) in [5, 5.41) is 0. The summed E-state index contributed by atoms with van der Waals surface area (Å²) in [7, 11) is 0. The maximum atomic E-state index is 15.6. The van der Waals surface area contributed by atoms with Gasteiger partial charge in [-0.15, -0.1) is 0 Å². The van der Waals surface area contributed by atoms with Gasteiger partial charge in [0.2, 0.25) is 11.6 Å². The first kappa shape index (κ1) is 47.2. The van der Waals surface area contributed by atoms with E-state index in [2.05, 4.69) is 20.8 Å². The van der Waals surface area contributed by atoms with Gasteiger partial charge in [-0.3, -0.25) is 28.8 Å². The Kier molecular flexibility index (Phi) is 12.7. The van der Waals surface area contributed by atoms with Gasteiger partial charge in [-0.25, -0.2) is 0 Å². The molecule has 0 aromatic heterocycles. The van der Waals surface area contributed by atoms with Gasteiger partial charge in [-0.2, -0.15) is 0 Å². The summed E-state index contributed by atoms with van der Waals surface area (Å²) in [6.07, 6.45) is 0.0813. The third kappa shape index (κ3) is 10.2. The maximum Gasteiger partial charge on any atom is 0.308 e. The number of benzene rings is 4. The van der Waals surface area contributed by atoms with Crippen molar-refractivity contribution in [1.82, 2.24) is 0 Å². The van der Waals surface area contributed by atoms with Crippen LogP contribution in [-0.4, -0.2) is 35.4 Å². The zero-order chi connectivity index (χ0) is 46.6. The fourth-order valence-corrected chi connectivity index (χ4v) is 7.45. The summed E-state index contributed by atoms with van der Waals surface area (Å²) in [6.45, 7) is 28.8. The molecule has 0 amide bonds. The van der Waals surface area contributed by atoms with E-state index in [0.29, 0.717) is 27.8 Å². The number of hydrogen-bond acceptors (Lipinski definition) is 10. The van der Waals surface area contributed by atoms with Crippen LogP contribution in [0.4, 0.5) is 0 Å². The molecule has 0 unspecified atom stereocenters. The zero-order valence-electron chi connectivity index (χ0n) is 39.1.